The van der Waals surface area contributed by atoms with E-state index in [4.69, 9.17) is 15.1 Å². The number of hydrogen-bond acceptors (Lipinski definition) is 7. The summed E-state index contributed by atoms with van der Waals surface area (Å²) in [7, 11) is 1.25. The van der Waals surface area contributed by atoms with Crippen molar-refractivity contribution in [3.05, 3.63) is 0 Å². The molecule has 1 rings (SSSR count). The van der Waals surface area contributed by atoms with Crippen LogP contribution in [-0.2, 0) is 19.0 Å². The number of rotatable bonds is 6. The third-order valence-electron chi connectivity index (χ3n) is 2.86. The number of carboxylic acid groups (broad SMARTS) is 1. The summed E-state index contributed by atoms with van der Waals surface area (Å²) in [6.07, 6.45) is 5.52. The Bertz CT molecular complexity index is 541. The molecule has 0 unspecified atom stereocenters. The summed E-state index contributed by atoms with van der Waals surface area (Å²) in [6.45, 7) is 6.68. The SMILES string of the molecule is CC(C)(C)OC(=O)NC(=BOC#N)N1CCCCC1.O=[C-]NCC(=O)O.[Fm]. The monoisotopic (exact) mass is 624 g/mol. The smallest absolute Gasteiger partial charge is 0.320 e. The largest absolute Gasteiger partial charge is 0.521 e. The van der Waals surface area contributed by atoms with Crippen molar-refractivity contribution in [3.63, 3.8) is 0 Å². The van der Waals surface area contributed by atoms with Crippen molar-refractivity contribution in [1.29, 1.82) is 5.26 Å². The van der Waals surface area contributed by atoms with E-state index in [0.29, 0.717) is 5.71 Å². The predicted molar refractivity (Wildman–Crippen MR) is 93.6 cm³/mol. The van der Waals surface area contributed by atoms with Crippen LogP contribution < -0.4 is 10.6 Å². The van der Waals surface area contributed by atoms with E-state index in [1.807, 2.05) is 10.2 Å². The van der Waals surface area contributed by atoms with Crippen LogP contribution in [0.25, 0.3) is 0 Å². The Labute approximate surface area is 153 Å². The van der Waals surface area contributed by atoms with Gasteiger partial charge in [-0.05, 0) is 0 Å². The fourth-order valence-corrected chi connectivity index (χ4v) is 1.92. The van der Waals surface area contributed by atoms with Crippen LogP contribution in [0.4, 0.5) is 4.79 Å². The maximum absolute atomic E-state index is 11.7. The predicted octanol–water partition coefficient (Wildman–Crippen LogP) is -0.0709. The number of nitrogens with one attached hydrogen (secondary N) is 2. The molecule has 0 aromatic carbocycles. The number of carbonyl (C=O) groups excluding carboxylic acids is 2. The van der Waals surface area contributed by atoms with E-state index in [0.717, 1.165) is 25.9 Å². The molecule has 0 aliphatic carbocycles. The average molecular weight is 624 g/mol. The van der Waals surface area contributed by atoms with Crippen LogP contribution in [0.5, 0.6) is 0 Å². The van der Waals surface area contributed by atoms with E-state index in [2.05, 4.69) is 9.97 Å². The molecule has 0 bridgehead atoms. The normalized spacial score (nSPS) is 13.3. The summed E-state index contributed by atoms with van der Waals surface area (Å²) in [5.41, 5.74) is -0.0943. The van der Waals surface area contributed by atoms with Gasteiger partial charge in [0, 0.05) is 0 Å². The standard InChI is InChI=1S/C12H20BN3O3.C3H4NO3.Fm/c1-12(2,3)19-11(17)15-10(13-18-9-14)16-7-5-4-6-8-16;5-2-4-1-3(6)7;/h4-8H2,1-3H3,(H,15,17);1H2,(H,4,5)(H,6,7);/q;-1;. The first-order chi connectivity index (χ1) is 12.2. The van der Waals surface area contributed by atoms with Crippen molar-refractivity contribution in [2.24, 2.45) is 0 Å². The molecule has 0 aromatic rings. The molecule has 2 amide bonds. The zero-order chi connectivity index (χ0) is 20.0. The molecule has 1 heterocycles. The van der Waals surface area contributed by atoms with Gasteiger partial charge in [0.1, 0.15) is 0 Å². The molecule has 3 N–H and O–H groups in total. The minimum atomic E-state index is -1.07. The van der Waals surface area contributed by atoms with Crippen molar-refractivity contribution in [1.82, 2.24) is 15.5 Å². The summed E-state index contributed by atoms with van der Waals surface area (Å²) in [4.78, 5) is 32.4. The molecule has 0 aromatic heterocycles. The molecule has 1 aliphatic heterocycles. The van der Waals surface area contributed by atoms with Crippen LogP contribution in [0.3, 0.4) is 0 Å². The molecule has 1 aliphatic rings. The Kier molecular flexibility index (Phi) is 12.8. The van der Waals surface area contributed by atoms with Gasteiger partial charge in [-0.2, -0.15) is 6.41 Å². The van der Waals surface area contributed by atoms with E-state index < -0.39 is 17.7 Å². The van der Waals surface area contributed by atoms with Gasteiger partial charge in [-0.1, -0.05) is 0 Å². The first-order valence-corrected chi connectivity index (χ1v) is 8.01. The zero-order valence-corrected chi connectivity index (χ0v) is 17.9. The van der Waals surface area contributed by atoms with E-state index in [1.54, 1.807) is 27.0 Å². The fraction of sp³-hybridized carbons (Fsp3) is 0.667. The number of likely N-dealkylation sites (tertiary alicyclic amines) is 1. The minimum Gasteiger partial charge on any atom is -0.521 e. The van der Waals surface area contributed by atoms with Crippen LogP contribution in [0.1, 0.15) is 40.0 Å². The Morgan fingerprint density at radius 3 is 2.30 bits per heavy atom. The summed E-state index contributed by atoms with van der Waals surface area (Å²) >= 11 is 0. The van der Waals surface area contributed by atoms with Gasteiger partial charge in [-0.25, -0.2) is 0 Å². The first-order valence-electron chi connectivity index (χ1n) is 8.01. The number of carbonyl (C=O) groups is 2. The number of aliphatic carboxylic acids is 1. The first kappa shape index (κ1) is 25.5. The van der Waals surface area contributed by atoms with Gasteiger partial charge in [0.05, 0.1) is 6.54 Å². The zero-order valence-electron chi connectivity index (χ0n) is 15.5. The number of nitriles is 1. The third kappa shape index (κ3) is 14.3. The summed E-state index contributed by atoms with van der Waals surface area (Å²) in [6, 6.07) is 0. The molecule has 0 spiro atoms. The van der Waals surface area contributed by atoms with Crippen molar-refractivity contribution in [2.45, 2.75) is 45.6 Å². The fourth-order valence-electron chi connectivity index (χ4n) is 1.92. The molecule has 156 valence electrons. The molecular weight excluding hydrogens is 600 g/mol. The van der Waals surface area contributed by atoms with Crippen molar-refractivity contribution in [2.75, 3.05) is 19.6 Å². The van der Waals surface area contributed by atoms with Crippen LogP contribution in [-0.4, -0.2) is 66.5 Å². The van der Waals surface area contributed by atoms with Gasteiger partial charge in [0.25, 0.3) is 0 Å². The Morgan fingerprint density at radius 2 is 1.89 bits per heavy atom. The second kappa shape index (κ2) is 13.5. The quantitative estimate of drug-likeness (QED) is 0.162. The molecule has 27 heavy (non-hydrogen) atoms. The van der Waals surface area contributed by atoms with Crippen molar-refractivity contribution >= 4 is 31.3 Å². The molecule has 12 heteroatoms. The van der Waals surface area contributed by atoms with Crippen LogP contribution >= 0.6 is 0 Å². The maximum Gasteiger partial charge on any atom is 0.320 e. The molecule has 0 radical (unpaired) electrons. The number of ether oxygens (including phenoxy) is 1. The third-order valence-corrected chi connectivity index (χ3v) is 2.86. The van der Waals surface area contributed by atoms with Crippen LogP contribution in [0.2, 0.25) is 0 Å². The second-order valence-electron chi connectivity index (χ2n) is 6.24. The Hall–Kier alpha value is -3.77. The van der Waals surface area contributed by atoms with Gasteiger partial charge in [0.15, 0.2) is 0 Å². The summed E-state index contributed by atoms with van der Waals surface area (Å²) in [5, 5.41) is 20.7. The van der Waals surface area contributed by atoms with Crippen LogP contribution in [0.15, 0.2) is 0 Å². The molecule has 0 saturated carbocycles. The summed E-state index contributed by atoms with van der Waals surface area (Å²) < 4.78 is 9.79. The second-order valence-corrected chi connectivity index (χ2v) is 6.24. The van der Waals surface area contributed by atoms with Crippen molar-refractivity contribution in [3.8, 4) is 6.26 Å². The van der Waals surface area contributed by atoms with Crippen molar-refractivity contribution < 1.29 is 28.9 Å². The van der Waals surface area contributed by atoms with Gasteiger partial charge in [-0.15, -0.1) is 0 Å². The maximum atomic E-state index is 11.7. The topological polar surface area (TPSA) is 141 Å². The van der Waals surface area contributed by atoms with Gasteiger partial charge in [0.2, 0.25) is 0 Å². The summed E-state index contributed by atoms with van der Waals surface area (Å²) in [5.74, 6) is -1.07. The van der Waals surface area contributed by atoms with E-state index in [9.17, 15) is 14.4 Å². The van der Waals surface area contributed by atoms with Gasteiger partial charge < -0.3 is 15.2 Å². The van der Waals surface area contributed by atoms with Gasteiger partial charge >= 0.3 is 120 Å². The Balaban J connectivity index is 0. The van der Waals surface area contributed by atoms with E-state index in [-0.39, 0.29) is 6.54 Å². The molecule has 1 fully saturated rings. The van der Waals surface area contributed by atoms with Crippen LogP contribution in [0, 0.1) is 11.5 Å². The van der Waals surface area contributed by atoms with E-state index in [1.165, 1.54) is 20.0 Å². The number of alkyl carbamates (subject to hydrolysis) is 1. The average Bonchev–Trinajstić information content (AvgIpc) is 2.56. The minimum absolute atomic E-state index is 0. The number of nitrogens with zero attached hydrogens (tertiary/aromatic N) is 2. The van der Waals surface area contributed by atoms with E-state index >= 15 is 0 Å². The Morgan fingerprint density at radius 1 is 1.30 bits per heavy atom. The number of hydrogen-bond donors (Lipinski definition) is 3. The number of amides is 2. The molecule has 1 saturated heterocycles. The molecular formula is C15H24BFmN4O6-. The number of piperidine rings is 1. The number of carboxylic acids is 1. The molecule has 10 nitrogen and oxygen atoms in total. The van der Waals surface area contributed by atoms with Gasteiger partial charge in [-0.3, -0.25) is 4.79 Å². The molecule has 0 atom stereocenters.